The predicted octanol–water partition coefficient (Wildman–Crippen LogP) is 2.66. The molecule has 0 aromatic rings. The summed E-state index contributed by atoms with van der Waals surface area (Å²) in [7, 11) is 0. The Morgan fingerprint density at radius 1 is 1.18 bits per heavy atom. The third-order valence-electron chi connectivity index (χ3n) is 4.45. The molecule has 4 aliphatic carbocycles. The highest BCUT2D eigenvalue weighted by molar-refractivity contribution is 5.79. The van der Waals surface area contributed by atoms with Gasteiger partial charge in [-0.1, -0.05) is 0 Å². The minimum atomic E-state index is -1.03. The number of nitrogens with zero attached hydrogens (tertiary/aromatic N) is 2. The van der Waals surface area contributed by atoms with Crippen LogP contribution in [-0.2, 0) is 4.74 Å². The second kappa shape index (κ2) is 3.58. The fraction of sp³-hybridized carbons (Fsp3) is 0.909. The number of carbonyl (C=O) groups is 1. The molecule has 0 heterocycles. The van der Waals surface area contributed by atoms with E-state index in [0.29, 0.717) is 17.8 Å². The van der Waals surface area contributed by atoms with Gasteiger partial charge in [0.1, 0.15) is 5.60 Å². The van der Waals surface area contributed by atoms with Crippen LogP contribution >= 0.6 is 0 Å². The van der Waals surface area contributed by atoms with E-state index in [1.54, 1.807) is 0 Å². The molecule has 0 aromatic carbocycles. The largest absolute Gasteiger partial charge is 0.468 e. The van der Waals surface area contributed by atoms with Gasteiger partial charge in [0.2, 0.25) is 0 Å². The van der Waals surface area contributed by atoms with Gasteiger partial charge in [0.25, 0.3) is 6.09 Å². The first-order valence-corrected chi connectivity index (χ1v) is 6.14. The second-order valence-electron chi connectivity index (χ2n) is 5.81. The van der Waals surface area contributed by atoms with Gasteiger partial charge < -0.3 is 4.74 Å². The molecule has 0 aromatic heterocycles. The molecule has 0 N–H and O–H groups in total. The summed E-state index contributed by atoms with van der Waals surface area (Å²) in [5, 5.41) is 9.15. The lowest BCUT2D eigenvalue weighted by Gasteiger charge is -2.56. The number of carbonyl (C=O) groups excluding carboxylic acids is 1. The Balaban J connectivity index is 1.70. The van der Waals surface area contributed by atoms with Crippen LogP contribution < -0.4 is 0 Å². The Bertz CT molecular complexity index is 333. The van der Waals surface area contributed by atoms with Crippen molar-refractivity contribution in [3.05, 3.63) is 15.5 Å². The number of ether oxygens (including phenoxy) is 1. The highest BCUT2D eigenvalue weighted by Gasteiger charge is 2.52. The van der Waals surface area contributed by atoms with Crippen LogP contribution in [0.3, 0.4) is 0 Å². The molecule has 6 heteroatoms. The number of nitro groups is 1. The molecule has 4 rings (SSSR count). The first kappa shape index (κ1) is 10.8. The first-order chi connectivity index (χ1) is 8.05. The Morgan fingerprint density at radius 2 is 1.65 bits per heavy atom. The van der Waals surface area contributed by atoms with Crippen LogP contribution in [0.2, 0.25) is 0 Å². The summed E-state index contributed by atoms with van der Waals surface area (Å²) < 4.78 is 5.31. The van der Waals surface area contributed by atoms with Gasteiger partial charge in [-0.2, -0.15) is 0 Å². The van der Waals surface area contributed by atoms with Crippen molar-refractivity contribution in [1.82, 2.24) is 0 Å². The quantitative estimate of drug-likeness (QED) is 0.547. The summed E-state index contributed by atoms with van der Waals surface area (Å²) in [4.78, 5) is 21.4. The molecule has 6 nitrogen and oxygen atoms in total. The second-order valence-corrected chi connectivity index (χ2v) is 5.81. The Hall–Kier alpha value is -1.33. The lowest BCUT2D eigenvalue weighted by molar-refractivity contribution is -0.420. The zero-order valence-electron chi connectivity index (χ0n) is 9.50. The van der Waals surface area contributed by atoms with Crippen LogP contribution in [0, 0.1) is 27.9 Å². The minimum absolute atomic E-state index is 0.439. The maximum Gasteiger partial charge on any atom is 0.287 e. The summed E-state index contributed by atoms with van der Waals surface area (Å²) in [5.74, 6) is 1.93. The van der Waals surface area contributed by atoms with Crippen LogP contribution in [-0.4, -0.2) is 16.7 Å². The summed E-state index contributed by atoms with van der Waals surface area (Å²) in [5.41, 5.74) is 2.28. The molecule has 0 unspecified atom stereocenters. The molecule has 0 aliphatic heterocycles. The van der Waals surface area contributed by atoms with E-state index in [2.05, 4.69) is 5.43 Å². The molecule has 1 amide bonds. The normalized spacial score (nSPS) is 42.2. The molecule has 0 spiro atoms. The van der Waals surface area contributed by atoms with Gasteiger partial charge in [-0.05, 0) is 61.3 Å². The van der Waals surface area contributed by atoms with E-state index in [1.807, 2.05) is 0 Å². The van der Waals surface area contributed by atoms with E-state index in [0.717, 1.165) is 19.3 Å². The summed E-state index contributed by atoms with van der Waals surface area (Å²) in [6.07, 6.45) is 5.31. The molecule has 4 saturated carbocycles. The maximum absolute atomic E-state index is 11.3. The van der Waals surface area contributed by atoms with Gasteiger partial charge in [-0.3, -0.25) is 20.3 Å². The topological polar surface area (TPSA) is 83.5 Å². The van der Waals surface area contributed by atoms with Gasteiger partial charge in [-0.25, -0.2) is 0 Å². The summed E-state index contributed by atoms with van der Waals surface area (Å²) in [6, 6.07) is 0. The van der Waals surface area contributed by atoms with Crippen LogP contribution in [0.25, 0.3) is 5.43 Å². The Morgan fingerprint density at radius 3 is 2.06 bits per heavy atom. The molecule has 0 atom stereocenters. The standard InChI is InChI=1S/C11H16N2O4/c14-10(12-13(15)16)17-11-4-7-1-8(5-11)3-9(2-7)6-11/h7-9H,1-6H2,(H,12,14)/p-1. The molecular formula is C11H15N2O4-. The van der Waals surface area contributed by atoms with Crippen molar-refractivity contribution in [2.75, 3.05) is 0 Å². The number of hydrogen-bond acceptors (Lipinski definition) is 4. The molecular weight excluding hydrogens is 224 g/mol. The van der Waals surface area contributed by atoms with E-state index < -0.39 is 16.7 Å². The third-order valence-corrected chi connectivity index (χ3v) is 4.45. The van der Waals surface area contributed by atoms with E-state index >= 15 is 0 Å². The SMILES string of the molecule is O=C([N-][N+](=O)[O-])OC12CC3CC(CC(C3)C1)C2. The maximum atomic E-state index is 11.3. The predicted molar refractivity (Wildman–Crippen MR) is 57.7 cm³/mol. The molecule has 17 heavy (non-hydrogen) atoms. The molecule has 0 radical (unpaired) electrons. The highest BCUT2D eigenvalue weighted by atomic mass is 16.7. The van der Waals surface area contributed by atoms with Gasteiger partial charge >= 0.3 is 0 Å². The lowest BCUT2D eigenvalue weighted by Crippen LogP contribution is -2.52. The number of rotatable bonds is 2. The van der Waals surface area contributed by atoms with E-state index in [-0.39, 0.29) is 0 Å². The van der Waals surface area contributed by atoms with Crippen molar-refractivity contribution in [3.8, 4) is 0 Å². The van der Waals surface area contributed by atoms with Crippen LogP contribution in [0.15, 0.2) is 0 Å². The van der Waals surface area contributed by atoms with Crippen molar-refractivity contribution in [2.24, 2.45) is 17.8 Å². The van der Waals surface area contributed by atoms with E-state index in [4.69, 9.17) is 4.74 Å². The fourth-order valence-corrected chi connectivity index (χ4v) is 4.43. The van der Waals surface area contributed by atoms with Crippen molar-refractivity contribution in [1.29, 1.82) is 0 Å². The number of hydrogen-bond donors (Lipinski definition) is 0. The fourth-order valence-electron chi connectivity index (χ4n) is 4.43. The zero-order chi connectivity index (χ0) is 12.0. The van der Waals surface area contributed by atoms with Crippen molar-refractivity contribution >= 4 is 6.09 Å². The first-order valence-electron chi connectivity index (χ1n) is 6.14. The average molecular weight is 239 g/mol. The lowest BCUT2D eigenvalue weighted by atomic mass is 9.54. The zero-order valence-corrected chi connectivity index (χ0v) is 9.50. The Labute approximate surface area is 98.8 Å². The monoisotopic (exact) mass is 239 g/mol. The summed E-state index contributed by atoms with van der Waals surface area (Å²) >= 11 is 0. The molecule has 0 saturated heterocycles. The van der Waals surface area contributed by atoms with E-state index in [9.17, 15) is 14.9 Å². The van der Waals surface area contributed by atoms with Gasteiger partial charge in [0.15, 0.2) is 0 Å². The van der Waals surface area contributed by atoms with Crippen LogP contribution in [0.1, 0.15) is 38.5 Å². The highest BCUT2D eigenvalue weighted by Crippen LogP contribution is 2.57. The van der Waals surface area contributed by atoms with E-state index in [1.165, 1.54) is 19.3 Å². The van der Waals surface area contributed by atoms with Crippen molar-refractivity contribution in [3.63, 3.8) is 0 Å². The molecule has 4 bridgehead atoms. The minimum Gasteiger partial charge on any atom is -0.468 e. The van der Waals surface area contributed by atoms with Gasteiger partial charge in [0, 0.05) is 0 Å². The Kier molecular flexibility index (Phi) is 2.27. The number of amides is 1. The molecule has 94 valence electrons. The smallest absolute Gasteiger partial charge is 0.287 e. The van der Waals surface area contributed by atoms with Crippen molar-refractivity contribution in [2.45, 2.75) is 44.1 Å². The van der Waals surface area contributed by atoms with Gasteiger partial charge in [0.05, 0.1) is 0 Å². The van der Waals surface area contributed by atoms with Crippen LogP contribution in [0.5, 0.6) is 0 Å². The van der Waals surface area contributed by atoms with Crippen molar-refractivity contribution < 1.29 is 14.6 Å². The van der Waals surface area contributed by atoms with Gasteiger partial charge in [-0.15, -0.1) is 0 Å². The molecule has 4 fully saturated rings. The summed E-state index contributed by atoms with van der Waals surface area (Å²) in [6.45, 7) is 0. The third kappa shape index (κ3) is 1.96. The molecule has 4 aliphatic rings. The van der Waals surface area contributed by atoms with Crippen LogP contribution in [0.4, 0.5) is 4.79 Å². The average Bonchev–Trinajstić information content (AvgIpc) is 2.11.